The summed E-state index contributed by atoms with van der Waals surface area (Å²) < 4.78 is 5.51. The molecule has 2 heterocycles. The number of anilines is 5. The summed E-state index contributed by atoms with van der Waals surface area (Å²) in [5.41, 5.74) is 6.11. The molecule has 0 spiro atoms. The first-order chi connectivity index (χ1) is 18.2. The van der Waals surface area contributed by atoms with E-state index in [0.29, 0.717) is 31.1 Å². The third-order valence-corrected chi connectivity index (χ3v) is 6.35. The number of hydrazone groups is 1. The Morgan fingerprint density at radius 2 is 1.62 bits per heavy atom. The fourth-order valence-electron chi connectivity index (χ4n) is 4.35. The van der Waals surface area contributed by atoms with Gasteiger partial charge in [-0.25, -0.2) is 5.43 Å². The van der Waals surface area contributed by atoms with E-state index in [0.717, 1.165) is 48.2 Å². The lowest BCUT2D eigenvalue weighted by Crippen LogP contribution is -2.37. The molecule has 0 saturated carbocycles. The van der Waals surface area contributed by atoms with Crippen LogP contribution in [0.5, 0.6) is 0 Å². The molecule has 37 heavy (non-hydrogen) atoms. The summed E-state index contributed by atoms with van der Waals surface area (Å²) in [5, 5.41) is 10.0. The molecule has 9 heteroatoms. The first-order valence-electron chi connectivity index (χ1n) is 12.7. The molecule has 0 radical (unpaired) electrons. The lowest BCUT2D eigenvalue weighted by Gasteiger charge is -2.27. The maximum Gasteiger partial charge on any atom is 0.250 e. The van der Waals surface area contributed by atoms with Crippen LogP contribution < -0.4 is 20.5 Å². The average Bonchev–Trinajstić information content (AvgIpc) is 2.95. The van der Waals surface area contributed by atoms with Crippen LogP contribution in [0.1, 0.15) is 19.4 Å². The number of nitrogens with one attached hydrogen (secondary N) is 2. The van der Waals surface area contributed by atoms with Crippen molar-refractivity contribution in [2.24, 2.45) is 5.10 Å². The van der Waals surface area contributed by atoms with Crippen LogP contribution in [0.4, 0.5) is 29.2 Å². The molecule has 0 atom stereocenters. The largest absolute Gasteiger partial charge is 0.378 e. The standard InChI is InChI=1S/C28H32N8O/c1-3-35(4-2)23-14-12-21(13-15-23)20-29-34-27-31-26(32-28(33-27)36-16-18-37-19-17-36)30-25-11-7-9-22-8-5-6-10-24(22)25/h5-15,20H,3-4,16-19H2,1-2H3,(H2,30,31,32,33,34)/b29-20+. The molecule has 190 valence electrons. The molecule has 0 amide bonds. The zero-order chi connectivity index (χ0) is 25.5. The van der Waals surface area contributed by atoms with Gasteiger partial charge in [0.1, 0.15) is 0 Å². The second-order valence-corrected chi connectivity index (χ2v) is 8.67. The topological polar surface area (TPSA) is 90.8 Å². The van der Waals surface area contributed by atoms with E-state index >= 15 is 0 Å². The van der Waals surface area contributed by atoms with Crippen LogP contribution in [-0.2, 0) is 4.74 Å². The van der Waals surface area contributed by atoms with Gasteiger partial charge in [0.15, 0.2) is 0 Å². The number of morpholine rings is 1. The monoisotopic (exact) mass is 496 g/mol. The van der Waals surface area contributed by atoms with Crippen molar-refractivity contribution < 1.29 is 4.74 Å². The summed E-state index contributed by atoms with van der Waals surface area (Å²) in [7, 11) is 0. The number of ether oxygens (including phenoxy) is 1. The predicted molar refractivity (Wildman–Crippen MR) is 151 cm³/mol. The van der Waals surface area contributed by atoms with Crippen LogP contribution in [0, 0.1) is 0 Å². The van der Waals surface area contributed by atoms with E-state index in [-0.39, 0.29) is 0 Å². The molecule has 0 bridgehead atoms. The van der Waals surface area contributed by atoms with E-state index in [4.69, 9.17) is 9.72 Å². The Hall–Kier alpha value is -4.24. The van der Waals surface area contributed by atoms with Crippen molar-refractivity contribution in [3.8, 4) is 0 Å². The molecule has 2 N–H and O–H groups in total. The molecular formula is C28H32N8O. The Morgan fingerprint density at radius 1 is 0.892 bits per heavy atom. The summed E-state index contributed by atoms with van der Waals surface area (Å²) in [5.74, 6) is 1.41. The minimum atomic E-state index is 0.371. The molecule has 1 saturated heterocycles. The second kappa shape index (κ2) is 11.7. The number of fused-ring (bicyclic) bond motifs is 1. The van der Waals surface area contributed by atoms with E-state index in [1.165, 1.54) is 5.69 Å². The minimum absolute atomic E-state index is 0.371. The van der Waals surface area contributed by atoms with Crippen molar-refractivity contribution in [1.29, 1.82) is 0 Å². The fraction of sp³-hybridized carbons (Fsp3) is 0.286. The van der Waals surface area contributed by atoms with Crippen LogP contribution in [-0.4, -0.2) is 60.6 Å². The molecule has 3 aromatic carbocycles. The van der Waals surface area contributed by atoms with Gasteiger partial charge in [0.2, 0.25) is 17.8 Å². The van der Waals surface area contributed by atoms with Crippen molar-refractivity contribution in [2.45, 2.75) is 13.8 Å². The zero-order valence-electron chi connectivity index (χ0n) is 21.3. The van der Waals surface area contributed by atoms with Gasteiger partial charge < -0.3 is 19.9 Å². The van der Waals surface area contributed by atoms with E-state index < -0.39 is 0 Å². The predicted octanol–water partition coefficient (Wildman–Crippen LogP) is 4.90. The third kappa shape index (κ3) is 5.95. The van der Waals surface area contributed by atoms with Gasteiger partial charge in [0, 0.05) is 42.9 Å². The van der Waals surface area contributed by atoms with Crippen molar-refractivity contribution in [3.63, 3.8) is 0 Å². The lowest BCUT2D eigenvalue weighted by molar-refractivity contribution is 0.122. The zero-order valence-corrected chi connectivity index (χ0v) is 21.3. The smallest absolute Gasteiger partial charge is 0.250 e. The highest BCUT2D eigenvalue weighted by Gasteiger charge is 2.17. The Labute approximate surface area is 217 Å². The van der Waals surface area contributed by atoms with E-state index in [9.17, 15) is 0 Å². The summed E-state index contributed by atoms with van der Waals surface area (Å²) in [6, 6.07) is 22.7. The molecule has 4 aromatic rings. The number of aromatic nitrogens is 3. The van der Waals surface area contributed by atoms with Crippen molar-refractivity contribution in [3.05, 3.63) is 72.3 Å². The van der Waals surface area contributed by atoms with Gasteiger partial charge in [-0.1, -0.05) is 48.5 Å². The second-order valence-electron chi connectivity index (χ2n) is 8.67. The lowest BCUT2D eigenvalue weighted by atomic mass is 10.1. The van der Waals surface area contributed by atoms with E-state index in [2.05, 4.69) is 91.9 Å². The van der Waals surface area contributed by atoms with Crippen LogP contribution in [0.3, 0.4) is 0 Å². The number of nitrogens with zero attached hydrogens (tertiary/aromatic N) is 6. The van der Waals surface area contributed by atoms with Crippen molar-refractivity contribution in [1.82, 2.24) is 15.0 Å². The van der Waals surface area contributed by atoms with Crippen molar-refractivity contribution in [2.75, 3.05) is 59.9 Å². The maximum absolute atomic E-state index is 5.51. The summed E-state index contributed by atoms with van der Waals surface area (Å²) in [6.07, 6.45) is 1.77. The first kappa shape index (κ1) is 24.5. The average molecular weight is 497 g/mol. The van der Waals surface area contributed by atoms with Gasteiger partial charge >= 0.3 is 0 Å². The minimum Gasteiger partial charge on any atom is -0.378 e. The highest BCUT2D eigenvalue weighted by atomic mass is 16.5. The van der Waals surface area contributed by atoms with Crippen molar-refractivity contribution >= 4 is 46.2 Å². The molecular weight excluding hydrogens is 464 g/mol. The van der Waals surface area contributed by atoms with Gasteiger partial charge in [-0.3, -0.25) is 0 Å². The number of hydrogen-bond donors (Lipinski definition) is 2. The molecule has 1 aliphatic heterocycles. The molecule has 0 unspecified atom stereocenters. The van der Waals surface area contributed by atoms with Gasteiger partial charge in [-0.15, -0.1) is 0 Å². The number of rotatable bonds is 9. The summed E-state index contributed by atoms with van der Waals surface area (Å²) in [6.45, 7) is 9.00. The highest BCUT2D eigenvalue weighted by molar-refractivity contribution is 5.95. The molecule has 0 aliphatic carbocycles. The van der Waals surface area contributed by atoms with Crippen LogP contribution in [0.15, 0.2) is 71.8 Å². The third-order valence-electron chi connectivity index (χ3n) is 6.35. The molecule has 1 aromatic heterocycles. The quantitative estimate of drug-likeness (QED) is 0.250. The first-order valence-corrected chi connectivity index (χ1v) is 12.7. The Morgan fingerprint density at radius 3 is 2.41 bits per heavy atom. The Balaban J connectivity index is 1.38. The van der Waals surface area contributed by atoms with Gasteiger partial charge in [0.25, 0.3) is 0 Å². The molecule has 1 fully saturated rings. The molecule has 9 nitrogen and oxygen atoms in total. The van der Waals surface area contributed by atoms with Crippen LogP contribution in [0.25, 0.3) is 10.8 Å². The molecule has 5 rings (SSSR count). The SMILES string of the molecule is CCN(CC)c1ccc(/C=N/Nc2nc(Nc3cccc4ccccc34)nc(N3CCOCC3)n2)cc1. The van der Waals surface area contributed by atoms with Crippen LogP contribution in [0.2, 0.25) is 0 Å². The van der Waals surface area contributed by atoms with Crippen LogP contribution >= 0.6 is 0 Å². The van der Waals surface area contributed by atoms with Gasteiger partial charge in [-0.05, 0) is 43.0 Å². The Kier molecular flexibility index (Phi) is 7.71. The van der Waals surface area contributed by atoms with E-state index in [1.807, 2.05) is 24.3 Å². The maximum atomic E-state index is 5.51. The number of hydrogen-bond acceptors (Lipinski definition) is 9. The summed E-state index contributed by atoms with van der Waals surface area (Å²) in [4.78, 5) is 18.3. The van der Waals surface area contributed by atoms with E-state index in [1.54, 1.807) is 6.21 Å². The van der Waals surface area contributed by atoms with Gasteiger partial charge in [0.05, 0.1) is 19.4 Å². The van der Waals surface area contributed by atoms with Gasteiger partial charge in [-0.2, -0.15) is 20.1 Å². The highest BCUT2D eigenvalue weighted by Crippen LogP contribution is 2.26. The number of benzene rings is 3. The summed E-state index contributed by atoms with van der Waals surface area (Å²) >= 11 is 0. The normalized spacial score (nSPS) is 13.7. The fourth-order valence-corrected chi connectivity index (χ4v) is 4.35. The Bertz CT molecular complexity index is 1340. The molecule has 1 aliphatic rings.